The van der Waals surface area contributed by atoms with Crippen molar-refractivity contribution in [3.63, 3.8) is 0 Å². The maximum atomic E-state index is 12.4. The number of carbonyl (C=O) groups is 1. The third-order valence-electron chi connectivity index (χ3n) is 3.61. The van der Waals surface area contributed by atoms with Crippen LogP contribution in [0.4, 0.5) is 0 Å². The highest BCUT2D eigenvalue weighted by molar-refractivity contribution is 6.20. The minimum absolute atomic E-state index is 0.392. The first kappa shape index (κ1) is 15.7. The Morgan fingerprint density at radius 3 is 2.52 bits per heavy atom. The molecule has 1 heterocycles. The predicted molar refractivity (Wildman–Crippen MR) is 91.6 cm³/mol. The molecule has 3 rings (SSSR count). The minimum Gasteiger partial charge on any atom is -0.442 e. The average Bonchev–Trinajstić information content (AvgIpc) is 2.57. The summed E-state index contributed by atoms with van der Waals surface area (Å²) < 4.78 is 5.32. The molecule has 0 aliphatic heterocycles. The van der Waals surface area contributed by atoms with E-state index in [9.17, 15) is 4.79 Å². The molecule has 5 heteroatoms. The monoisotopic (exact) mass is 328 g/mol. The molecule has 0 bridgehead atoms. The second kappa shape index (κ2) is 6.92. The van der Waals surface area contributed by atoms with Gasteiger partial charge < -0.3 is 4.74 Å². The summed E-state index contributed by atoms with van der Waals surface area (Å²) in [7, 11) is 0. The number of hydrogen-bond acceptors (Lipinski definition) is 4. The normalized spacial score (nSPS) is 12.4. The van der Waals surface area contributed by atoms with E-state index in [4.69, 9.17) is 16.3 Å². The van der Waals surface area contributed by atoms with Crippen molar-refractivity contribution in [1.29, 1.82) is 0 Å². The molecule has 1 atom stereocenters. The Morgan fingerprint density at radius 2 is 1.78 bits per heavy atom. The largest absolute Gasteiger partial charge is 0.442 e. The Morgan fingerprint density at radius 1 is 1.09 bits per heavy atom. The smallest absolute Gasteiger partial charge is 0.341 e. The highest BCUT2D eigenvalue weighted by atomic mass is 35.5. The van der Waals surface area contributed by atoms with Crippen molar-refractivity contribution in [2.45, 2.75) is 31.7 Å². The number of carbonyl (C=O) groups excluding carboxylic acids is 1. The lowest BCUT2D eigenvalue weighted by molar-refractivity contribution is 0.0436. The third kappa shape index (κ3) is 3.42. The Hall–Kier alpha value is -2.20. The molecular formula is C18H17ClN2O2. The van der Waals surface area contributed by atoms with Gasteiger partial charge in [0.1, 0.15) is 5.52 Å². The fraction of sp³-hybridized carbons (Fsp3) is 0.278. The quantitative estimate of drug-likeness (QED) is 0.387. The van der Waals surface area contributed by atoms with Crippen LogP contribution in [-0.4, -0.2) is 21.5 Å². The van der Waals surface area contributed by atoms with Crippen LogP contribution in [0.15, 0.2) is 42.5 Å². The van der Waals surface area contributed by atoms with E-state index in [1.807, 2.05) is 30.3 Å². The number of unbranched alkanes of at least 4 members (excludes halogenated alkanes) is 1. The number of rotatable bonds is 5. The molecule has 0 aliphatic rings. The molecule has 0 spiro atoms. The number of alkyl halides is 1. The standard InChI is InChI=1S/C18H17ClN2O2/c1-2-3-11-16(19)23-18(22)12-7-6-10-15-17(12)21-14-9-5-4-8-13(14)20-15/h4-10,16H,2-3,11H2,1H3. The van der Waals surface area contributed by atoms with Gasteiger partial charge in [-0.1, -0.05) is 43.1 Å². The summed E-state index contributed by atoms with van der Waals surface area (Å²) in [5.74, 6) is -0.462. The molecule has 0 radical (unpaired) electrons. The average molecular weight is 329 g/mol. The van der Waals surface area contributed by atoms with E-state index in [1.54, 1.807) is 12.1 Å². The van der Waals surface area contributed by atoms with Gasteiger partial charge in [-0.2, -0.15) is 0 Å². The van der Waals surface area contributed by atoms with Gasteiger partial charge in [0, 0.05) is 0 Å². The topological polar surface area (TPSA) is 52.1 Å². The summed E-state index contributed by atoms with van der Waals surface area (Å²) in [6, 6.07) is 12.9. The highest BCUT2D eigenvalue weighted by Crippen LogP contribution is 2.21. The van der Waals surface area contributed by atoms with Crippen LogP contribution in [0.1, 0.15) is 36.5 Å². The molecule has 0 amide bonds. The zero-order chi connectivity index (χ0) is 16.2. The van der Waals surface area contributed by atoms with Gasteiger partial charge in [0.25, 0.3) is 0 Å². The van der Waals surface area contributed by atoms with Crippen LogP contribution in [0.3, 0.4) is 0 Å². The van der Waals surface area contributed by atoms with Crippen molar-refractivity contribution in [1.82, 2.24) is 9.97 Å². The lowest BCUT2D eigenvalue weighted by Crippen LogP contribution is -2.13. The molecule has 4 nitrogen and oxygen atoms in total. The number of nitrogens with zero attached hydrogens (tertiary/aromatic N) is 2. The predicted octanol–water partition coefficient (Wildman–Crippen LogP) is 4.69. The van der Waals surface area contributed by atoms with Crippen LogP contribution in [0.2, 0.25) is 0 Å². The number of esters is 1. The Bertz CT molecular complexity index is 851. The molecule has 23 heavy (non-hydrogen) atoms. The van der Waals surface area contributed by atoms with E-state index in [0.29, 0.717) is 23.0 Å². The van der Waals surface area contributed by atoms with Crippen molar-refractivity contribution in [3.8, 4) is 0 Å². The highest BCUT2D eigenvalue weighted by Gasteiger charge is 2.17. The van der Waals surface area contributed by atoms with Gasteiger partial charge in [0.2, 0.25) is 0 Å². The van der Waals surface area contributed by atoms with Crippen LogP contribution < -0.4 is 0 Å². The van der Waals surface area contributed by atoms with Gasteiger partial charge in [0.05, 0.1) is 22.1 Å². The number of benzene rings is 2. The van der Waals surface area contributed by atoms with Gasteiger partial charge in [-0.15, -0.1) is 0 Å². The zero-order valence-corrected chi connectivity index (χ0v) is 13.6. The van der Waals surface area contributed by atoms with Gasteiger partial charge in [0.15, 0.2) is 5.56 Å². The first-order valence-electron chi connectivity index (χ1n) is 7.69. The van der Waals surface area contributed by atoms with E-state index < -0.39 is 11.5 Å². The summed E-state index contributed by atoms with van der Waals surface area (Å²) in [6.07, 6.45) is 2.57. The molecule has 0 saturated carbocycles. The number of aromatic nitrogens is 2. The summed E-state index contributed by atoms with van der Waals surface area (Å²) in [5, 5.41) is 0. The molecule has 0 fully saturated rings. The molecule has 118 valence electrons. The van der Waals surface area contributed by atoms with Gasteiger partial charge >= 0.3 is 5.97 Å². The molecule has 1 aromatic heterocycles. The second-order valence-electron chi connectivity index (χ2n) is 5.34. The molecule has 0 N–H and O–H groups in total. The van der Waals surface area contributed by atoms with Crippen LogP contribution in [0.5, 0.6) is 0 Å². The number of ether oxygens (including phenoxy) is 1. The SMILES string of the molecule is CCCCC(Cl)OC(=O)c1cccc2nc3ccccc3nc12. The van der Waals surface area contributed by atoms with Crippen molar-refractivity contribution in [2.24, 2.45) is 0 Å². The van der Waals surface area contributed by atoms with Crippen LogP contribution >= 0.6 is 11.6 Å². The van der Waals surface area contributed by atoms with Crippen molar-refractivity contribution in [2.75, 3.05) is 0 Å². The second-order valence-corrected chi connectivity index (χ2v) is 5.83. The lowest BCUT2D eigenvalue weighted by atomic mass is 10.1. The molecule has 1 unspecified atom stereocenters. The first-order chi connectivity index (χ1) is 11.2. The summed E-state index contributed by atoms with van der Waals surface area (Å²) >= 11 is 6.07. The Labute approximate surface area is 139 Å². The van der Waals surface area contributed by atoms with Crippen LogP contribution in [-0.2, 0) is 4.74 Å². The van der Waals surface area contributed by atoms with Crippen molar-refractivity contribution < 1.29 is 9.53 Å². The van der Waals surface area contributed by atoms with Crippen molar-refractivity contribution in [3.05, 3.63) is 48.0 Å². The number of fused-ring (bicyclic) bond motifs is 2. The molecule has 3 aromatic rings. The number of halogens is 1. The Kier molecular flexibility index (Phi) is 4.72. The number of para-hydroxylation sites is 3. The lowest BCUT2D eigenvalue weighted by Gasteiger charge is -2.12. The van der Waals surface area contributed by atoms with Crippen LogP contribution in [0, 0.1) is 0 Å². The van der Waals surface area contributed by atoms with Gasteiger partial charge in [-0.25, -0.2) is 14.8 Å². The van der Waals surface area contributed by atoms with Crippen LogP contribution in [0.25, 0.3) is 22.1 Å². The Balaban J connectivity index is 1.97. The molecule has 0 saturated heterocycles. The summed E-state index contributed by atoms with van der Waals surface area (Å²) in [4.78, 5) is 21.5. The van der Waals surface area contributed by atoms with E-state index in [2.05, 4.69) is 16.9 Å². The summed E-state index contributed by atoms with van der Waals surface area (Å²) in [6.45, 7) is 2.07. The minimum atomic E-state index is -0.619. The fourth-order valence-electron chi connectivity index (χ4n) is 2.41. The maximum absolute atomic E-state index is 12.4. The third-order valence-corrected chi connectivity index (χ3v) is 3.92. The van der Waals surface area contributed by atoms with Crippen molar-refractivity contribution >= 4 is 39.6 Å². The maximum Gasteiger partial charge on any atom is 0.341 e. The molecule has 0 aliphatic carbocycles. The van der Waals surface area contributed by atoms with E-state index in [1.165, 1.54) is 0 Å². The first-order valence-corrected chi connectivity index (χ1v) is 8.13. The fourth-order valence-corrected chi connectivity index (χ4v) is 2.65. The summed E-state index contributed by atoms with van der Waals surface area (Å²) in [5.41, 5.74) is 2.51. The van der Waals surface area contributed by atoms with Gasteiger partial charge in [-0.05, 0) is 37.1 Å². The molecular weight excluding hydrogens is 312 g/mol. The van der Waals surface area contributed by atoms with E-state index in [-0.39, 0.29) is 0 Å². The van der Waals surface area contributed by atoms with E-state index in [0.717, 1.165) is 23.9 Å². The van der Waals surface area contributed by atoms with E-state index >= 15 is 0 Å². The zero-order valence-electron chi connectivity index (χ0n) is 12.8. The molecule has 2 aromatic carbocycles. The number of hydrogen-bond donors (Lipinski definition) is 0. The van der Waals surface area contributed by atoms with Gasteiger partial charge in [-0.3, -0.25) is 0 Å².